The van der Waals surface area contributed by atoms with Crippen LogP contribution < -0.4 is 9.47 Å². The second-order valence-corrected chi connectivity index (χ2v) is 5.46. The van der Waals surface area contributed by atoms with Crippen LogP contribution in [0.15, 0.2) is 60.9 Å². The van der Waals surface area contributed by atoms with Crippen LogP contribution in [0, 0.1) is 0 Å². The van der Waals surface area contributed by atoms with Gasteiger partial charge in [-0.05, 0) is 35.9 Å². The minimum atomic E-state index is 0.286. The fourth-order valence-electron chi connectivity index (χ4n) is 1.87. The SMILES string of the molecule is Clc1ccc(COc2cccc(Oc3ncccn3)c2)cc1Cl. The highest BCUT2D eigenvalue weighted by Crippen LogP contribution is 2.25. The monoisotopic (exact) mass is 346 g/mol. The predicted molar refractivity (Wildman–Crippen MR) is 89.3 cm³/mol. The van der Waals surface area contributed by atoms with Crippen molar-refractivity contribution in [2.75, 3.05) is 0 Å². The van der Waals surface area contributed by atoms with Gasteiger partial charge >= 0.3 is 6.01 Å². The summed E-state index contributed by atoms with van der Waals surface area (Å²) in [6.45, 7) is 0.377. The summed E-state index contributed by atoms with van der Waals surface area (Å²) in [5.74, 6) is 1.27. The van der Waals surface area contributed by atoms with Gasteiger partial charge < -0.3 is 9.47 Å². The van der Waals surface area contributed by atoms with E-state index in [-0.39, 0.29) is 6.01 Å². The Bertz CT molecular complexity index is 798. The summed E-state index contributed by atoms with van der Waals surface area (Å²) >= 11 is 11.9. The van der Waals surface area contributed by atoms with Crippen LogP contribution in [-0.2, 0) is 6.61 Å². The number of nitrogens with zero attached hydrogens (tertiary/aromatic N) is 2. The first-order valence-electron chi connectivity index (χ1n) is 6.82. The maximum absolute atomic E-state index is 5.99. The Kier molecular flexibility index (Phi) is 4.95. The molecule has 3 aromatic rings. The molecule has 0 radical (unpaired) electrons. The fourth-order valence-corrected chi connectivity index (χ4v) is 2.19. The molecule has 1 heterocycles. The number of aromatic nitrogens is 2. The molecule has 0 spiro atoms. The van der Waals surface area contributed by atoms with Crippen LogP contribution in [0.25, 0.3) is 0 Å². The Morgan fingerprint density at radius 3 is 2.39 bits per heavy atom. The van der Waals surface area contributed by atoms with Gasteiger partial charge in [0, 0.05) is 18.5 Å². The number of hydrogen-bond donors (Lipinski definition) is 0. The van der Waals surface area contributed by atoms with E-state index in [0.717, 1.165) is 5.56 Å². The van der Waals surface area contributed by atoms with Gasteiger partial charge in [-0.2, -0.15) is 0 Å². The molecule has 0 atom stereocenters. The summed E-state index contributed by atoms with van der Waals surface area (Å²) in [7, 11) is 0. The molecule has 0 saturated heterocycles. The molecular formula is C17H12Cl2N2O2. The first-order chi connectivity index (χ1) is 11.2. The molecule has 0 amide bonds. The van der Waals surface area contributed by atoms with Gasteiger partial charge in [0.05, 0.1) is 10.0 Å². The molecule has 4 nitrogen and oxygen atoms in total. The predicted octanol–water partition coefficient (Wildman–Crippen LogP) is 5.15. The second kappa shape index (κ2) is 7.31. The summed E-state index contributed by atoms with van der Waals surface area (Å²) in [5, 5.41) is 1.03. The zero-order chi connectivity index (χ0) is 16.1. The van der Waals surface area contributed by atoms with E-state index >= 15 is 0 Å². The number of benzene rings is 2. The second-order valence-electron chi connectivity index (χ2n) is 4.65. The van der Waals surface area contributed by atoms with Gasteiger partial charge in [-0.25, -0.2) is 9.97 Å². The van der Waals surface area contributed by atoms with Gasteiger partial charge in [-0.15, -0.1) is 0 Å². The van der Waals surface area contributed by atoms with Crippen LogP contribution in [0.1, 0.15) is 5.56 Å². The van der Waals surface area contributed by atoms with Crippen molar-refractivity contribution in [2.24, 2.45) is 0 Å². The topological polar surface area (TPSA) is 44.2 Å². The maximum atomic E-state index is 5.99. The van der Waals surface area contributed by atoms with Gasteiger partial charge in [0.25, 0.3) is 0 Å². The molecule has 6 heteroatoms. The van der Waals surface area contributed by atoms with Crippen molar-refractivity contribution in [3.8, 4) is 17.5 Å². The molecule has 116 valence electrons. The first kappa shape index (κ1) is 15.6. The fraction of sp³-hybridized carbons (Fsp3) is 0.0588. The average Bonchev–Trinajstić information content (AvgIpc) is 2.57. The molecule has 0 fully saturated rings. The van der Waals surface area contributed by atoms with E-state index in [1.54, 1.807) is 36.7 Å². The van der Waals surface area contributed by atoms with E-state index in [9.17, 15) is 0 Å². The molecule has 3 rings (SSSR count). The van der Waals surface area contributed by atoms with Crippen LogP contribution in [0.2, 0.25) is 10.0 Å². The van der Waals surface area contributed by atoms with E-state index in [0.29, 0.717) is 28.2 Å². The van der Waals surface area contributed by atoms with Crippen LogP contribution in [0.3, 0.4) is 0 Å². The van der Waals surface area contributed by atoms with Gasteiger partial charge in [-0.1, -0.05) is 35.3 Å². The van der Waals surface area contributed by atoms with Crippen molar-refractivity contribution >= 4 is 23.2 Å². The Morgan fingerprint density at radius 1 is 0.826 bits per heavy atom. The summed E-state index contributed by atoms with van der Waals surface area (Å²) in [5.41, 5.74) is 0.928. The molecule has 2 aromatic carbocycles. The van der Waals surface area contributed by atoms with E-state index in [1.807, 2.05) is 24.3 Å². The lowest BCUT2D eigenvalue weighted by molar-refractivity contribution is 0.304. The largest absolute Gasteiger partial charge is 0.489 e. The molecule has 23 heavy (non-hydrogen) atoms. The minimum absolute atomic E-state index is 0.286. The number of halogens is 2. The lowest BCUT2D eigenvalue weighted by atomic mass is 10.2. The highest BCUT2D eigenvalue weighted by atomic mass is 35.5. The lowest BCUT2D eigenvalue weighted by Gasteiger charge is -2.09. The number of rotatable bonds is 5. The molecular weight excluding hydrogens is 335 g/mol. The van der Waals surface area contributed by atoms with E-state index in [2.05, 4.69) is 9.97 Å². The smallest absolute Gasteiger partial charge is 0.321 e. The Labute approximate surface area is 143 Å². The van der Waals surface area contributed by atoms with Crippen molar-refractivity contribution in [3.63, 3.8) is 0 Å². The third-order valence-electron chi connectivity index (χ3n) is 2.95. The summed E-state index contributed by atoms with van der Waals surface area (Å²) in [6.07, 6.45) is 3.24. The van der Waals surface area contributed by atoms with Crippen LogP contribution in [0.5, 0.6) is 17.5 Å². The summed E-state index contributed by atoms with van der Waals surface area (Å²) < 4.78 is 11.3. The molecule has 0 aliphatic carbocycles. The molecule has 0 aliphatic rings. The van der Waals surface area contributed by atoms with E-state index in [4.69, 9.17) is 32.7 Å². The van der Waals surface area contributed by atoms with Crippen molar-refractivity contribution in [1.82, 2.24) is 9.97 Å². The Balaban J connectivity index is 1.66. The molecule has 0 N–H and O–H groups in total. The lowest BCUT2D eigenvalue weighted by Crippen LogP contribution is -1.96. The average molecular weight is 347 g/mol. The van der Waals surface area contributed by atoms with Crippen molar-refractivity contribution in [2.45, 2.75) is 6.61 Å². The zero-order valence-electron chi connectivity index (χ0n) is 11.9. The third-order valence-corrected chi connectivity index (χ3v) is 3.69. The Hall–Kier alpha value is -2.30. The van der Waals surface area contributed by atoms with Crippen molar-refractivity contribution in [3.05, 3.63) is 76.5 Å². The quantitative estimate of drug-likeness (QED) is 0.640. The van der Waals surface area contributed by atoms with Gasteiger partial charge in [0.1, 0.15) is 18.1 Å². The number of hydrogen-bond acceptors (Lipinski definition) is 4. The highest BCUT2D eigenvalue weighted by molar-refractivity contribution is 6.42. The van der Waals surface area contributed by atoms with Gasteiger partial charge in [-0.3, -0.25) is 0 Å². The molecule has 0 saturated carbocycles. The molecule has 0 unspecified atom stereocenters. The standard InChI is InChI=1S/C17H12Cl2N2O2/c18-15-6-5-12(9-16(15)19)11-22-13-3-1-4-14(10-13)23-17-20-7-2-8-21-17/h1-10H,11H2. The van der Waals surface area contributed by atoms with E-state index < -0.39 is 0 Å². The van der Waals surface area contributed by atoms with Gasteiger partial charge in [0.15, 0.2) is 0 Å². The zero-order valence-corrected chi connectivity index (χ0v) is 13.5. The van der Waals surface area contributed by atoms with Crippen molar-refractivity contribution < 1.29 is 9.47 Å². The van der Waals surface area contributed by atoms with Crippen LogP contribution in [0.4, 0.5) is 0 Å². The Morgan fingerprint density at radius 2 is 1.61 bits per heavy atom. The summed E-state index contributed by atoms with van der Waals surface area (Å²) in [6, 6.07) is 14.7. The van der Waals surface area contributed by atoms with Crippen LogP contribution in [-0.4, -0.2) is 9.97 Å². The molecule has 0 bridgehead atoms. The molecule has 1 aromatic heterocycles. The van der Waals surface area contributed by atoms with Crippen LogP contribution >= 0.6 is 23.2 Å². The van der Waals surface area contributed by atoms with Gasteiger partial charge in [0.2, 0.25) is 0 Å². The van der Waals surface area contributed by atoms with Crippen molar-refractivity contribution in [1.29, 1.82) is 0 Å². The third kappa shape index (κ3) is 4.34. The summed E-state index contributed by atoms with van der Waals surface area (Å²) in [4.78, 5) is 8.03. The van der Waals surface area contributed by atoms with E-state index in [1.165, 1.54) is 0 Å². The first-order valence-corrected chi connectivity index (χ1v) is 7.58. The normalized spacial score (nSPS) is 10.3. The highest BCUT2D eigenvalue weighted by Gasteiger charge is 2.03. The molecule has 0 aliphatic heterocycles. The minimum Gasteiger partial charge on any atom is -0.489 e. The maximum Gasteiger partial charge on any atom is 0.321 e. The number of ether oxygens (including phenoxy) is 2.